The number of aryl methyl sites for hydroxylation is 1. The van der Waals surface area contributed by atoms with E-state index in [1.807, 2.05) is 0 Å². The van der Waals surface area contributed by atoms with Crippen LogP contribution in [0.2, 0.25) is 0 Å². The zero-order valence-corrected chi connectivity index (χ0v) is 15.6. The number of amidine groups is 1. The molecule has 2 aliphatic heterocycles. The standard InChI is InChI=1S/C17H20N4O5S/c1-10-4-5-12(13(7-10)21(24)25)19-15(22)8-14-16(23)20-17(27-14)18-9-11-3-2-6-26-11/h4-5,7,11,14H,2-3,6,8-9H2,1H3,(H,19,22)(H,18,20,23)/t11-,14-/m0/s1. The number of carbonyl (C=O) groups is 2. The third-order valence-electron chi connectivity index (χ3n) is 4.23. The van der Waals surface area contributed by atoms with Gasteiger partial charge in [0.15, 0.2) is 5.17 Å². The van der Waals surface area contributed by atoms with Crippen LogP contribution in [0, 0.1) is 17.0 Å². The van der Waals surface area contributed by atoms with Gasteiger partial charge < -0.3 is 15.4 Å². The number of amides is 2. The third kappa shape index (κ3) is 5.04. The lowest BCUT2D eigenvalue weighted by Gasteiger charge is -2.08. The summed E-state index contributed by atoms with van der Waals surface area (Å²) in [6.45, 7) is 2.95. The lowest BCUT2D eigenvalue weighted by Crippen LogP contribution is -2.28. The van der Waals surface area contributed by atoms with Crippen molar-refractivity contribution in [1.29, 1.82) is 0 Å². The maximum absolute atomic E-state index is 12.3. The lowest BCUT2D eigenvalue weighted by molar-refractivity contribution is -0.384. The van der Waals surface area contributed by atoms with Crippen molar-refractivity contribution in [2.24, 2.45) is 4.99 Å². The molecule has 0 bridgehead atoms. The number of thioether (sulfide) groups is 1. The predicted octanol–water partition coefficient (Wildman–Crippen LogP) is 2.00. The molecule has 27 heavy (non-hydrogen) atoms. The Hall–Kier alpha value is -2.46. The summed E-state index contributed by atoms with van der Waals surface area (Å²) < 4.78 is 5.49. The second kappa shape index (κ2) is 8.49. The van der Waals surface area contributed by atoms with Crippen LogP contribution in [0.3, 0.4) is 0 Å². The summed E-state index contributed by atoms with van der Waals surface area (Å²) >= 11 is 1.19. The van der Waals surface area contributed by atoms with Crippen LogP contribution >= 0.6 is 11.8 Å². The van der Waals surface area contributed by atoms with Gasteiger partial charge in [-0.05, 0) is 31.4 Å². The predicted molar refractivity (Wildman–Crippen MR) is 102 cm³/mol. The number of benzene rings is 1. The normalized spacial score (nSPS) is 23.4. The minimum atomic E-state index is -0.613. The molecule has 0 spiro atoms. The van der Waals surface area contributed by atoms with E-state index >= 15 is 0 Å². The Labute approximate surface area is 160 Å². The molecule has 10 heteroatoms. The van der Waals surface area contributed by atoms with Gasteiger partial charge in [-0.15, -0.1) is 0 Å². The number of nitrogens with zero attached hydrogens (tertiary/aromatic N) is 2. The number of aliphatic imine (C=N–C) groups is 1. The topological polar surface area (TPSA) is 123 Å². The van der Waals surface area contributed by atoms with Crippen LogP contribution in [0.1, 0.15) is 24.8 Å². The smallest absolute Gasteiger partial charge is 0.293 e. The highest BCUT2D eigenvalue weighted by Gasteiger charge is 2.32. The third-order valence-corrected chi connectivity index (χ3v) is 5.35. The first-order valence-corrected chi connectivity index (χ1v) is 9.49. The van der Waals surface area contributed by atoms with Gasteiger partial charge in [-0.2, -0.15) is 0 Å². The van der Waals surface area contributed by atoms with Gasteiger partial charge in [-0.3, -0.25) is 24.7 Å². The summed E-state index contributed by atoms with van der Waals surface area (Å²) in [5.74, 6) is -0.755. The number of carbonyl (C=O) groups excluding carboxylic acids is 2. The van der Waals surface area contributed by atoms with E-state index < -0.39 is 16.1 Å². The molecular formula is C17H20N4O5S. The molecule has 9 nitrogen and oxygen atoms in total. The van der Waals surface area contributed by atoms with Crippen molar-refractivity contribution in [1.82, 2.24) is 5.32 Å². The number of ether oxygens (including phenoxy) is 1. The lowest BCUT2D eigenvalue weighted by atomic mass is 10.2. The molecule has 0 aliphatic carbocycles. The average molecular weight is 392 g/mol. The van der Waals surface area contributed by atoms with E-state index in [9.17, 15) is 19.7 Å². The molecule has 144 valence electrons. The number of hydrogen-bond donors (Lipinski definition) is 2. The van der Waals surface area contributed by atoms with Gasteiger partial charge in [0.2, 0.25) is 11.8 Å². The summed E-state index contributed by atoms with van der Waals surface area (Å²) in [6, 6.07) is 4.56. The van der Waals surface area contributed by atoms with Crippen molar-refractivity contribution in [2.45, 2.75) is 37.5 Å². The average Bonchev–Trinajstić information content (AvgIpc) is 3.24. The maximum atomic E-state index is 12.3. The monoisotopic (exact) mass is 392 g/mol. The van der Waals surface area contributed by atoms with Crippen molar-refractivity contribution in [3.05, 3.63) is 33.9 Å². The van der Waals surface area contributed by atoms with Gasteiger partial charge in [0.05, 0.1) is 17.6 Å². The molecule has 0 radical (unpaired) electrons. The van der Waals surface area contributed by atoms with Gasteiger partial charge in [0.1, 0.15) is 10.9 Å². The van der Waals surface area contributed by atoms with Crippen LogP contribution in [-0.4, -0.2) is 46.4 Å². The van der Waals surface area contributed by atoms with Crippen LogP contribution in [0.15, 0.2) is 23.2 Å². The van der Waals surface area contributed by atoms with Crippen molar-refractivity contribution in [3.63, 3.8) is 0 Å². The highest BCUT2D eigenvalue weighted by Crippen LogP contribution is 2.27. The zero-order chi connectivity index (χ0) is 19.4. The zero-order valence-electron chi connectivity index (χ0n) is 14.8. The van der Waals surface area contributed by atoms with Crippen LogP contribution < -0.4 is 10.6 Å². The van der Waals surface area contributed by atoms with Gasteiger partial charge in [0.25, 0.3) is 5.69 Å². The summed E-state index contributed by atoms with van der Waals surface area (Å²) in [4.78, 5) is 39.3. The van der Waals surface area contributed by atoms with Crippen molar-refractivity contribution < 1.29 is 19.2 Å². The Bertz CT molecular complexity index is 792. The minimum absolute atomic E-state index is 0.0828. The Morgan fingerprint density at radius 3 is 3.04 bits per heavy atom. The van der Waals surface area contributed by atoms with Crippen molar-refractivity contribution in [3.8, 4) is 0 Å². The summed E-state index contributed by atoms with van der Waals surface area (Å²) in [5, 5.41) is 16.2. The van der Waals surface area contributed by atoms with E-state index in [1.165, 1.54) is 23.9 Å². The van der Waals surface area contributed by atoms with E-state index in [0.717, 1.165) is 25.0 Å². The first kappa shape index (κ1) is 19.3. The molecule has 2 N–H and O–H groups in total. The molecule has 1 aromatic carbocycles. The Morgan fingerprint density at radius 2 is 2.33 bits per heavy atom. The van der Waals surface area contributed by atoms with E-state index in [2.05, 4.69) is 15.6 Å². The summed E-state index contributed by atoms with van der Waals surface area (Å²) in [6.07, 6.45) is 1.96. The van der Waals surface area contributed by atoms with Crippen LogP contribution in [0.4, 0.5) is 11.4 Å². The van der Waals surface area contributed by atoms with E-state index in [0.29, 0.717) is 11.7 Å². The molecule has 2 heterocycles. The van der Waals surface area contributed by atoms with Crippen LogP contribution in [0.5, 0.6) is 0 Å². The quantitative estimate of drug-likeness (QED) is 0.564. The summed E-state index contributed by atoms with van der Waals surface area (Å²) in [5.41, 5.74) is 0.662. The maximum Gasteiger partial charge on any atom is 0.293 e. The first-order valence-electron chi connectivity index (χ1n) is 8.61. The molecule has 0 saturated carbocycles. The summed E-state index contributed by atoms with van der Waals surface area (Å²) in [7, 11) is 0. The second-order valence-electron chi connectivity index (χ2n) is 6.41. The molecule has 0 aromatic heterocycles. The van der Waals surface area contributed by atoms with Crippen molar-refractivity contribution >= 4 is 40.1 Å². The first-order chi connectivity index (χ1) is 12.9. The van der Waals surface area contributed by atoms with E-state index in [-0.39, 0.29) is 29.8 Å². The van der Waals surface area contributed by atoms with Gasteiger partial charge in [-0.1, -0.05) is 17.8 Å². The fourth-order valence-corrected chi connectivity index (χ4v) is 3.83. The largest absolute Gasteiger partial charge is 0.376 e. The molecule has 2 amide bonds. The number of nitrogens with one attached hydrogen (secondary N) is 2. The van der Waals surface area contributed by atoms with Gasteiger partial charge >= 0.3 is 0 Å². The van der Waals surface area contributed by atoms with Gasteiger partial charge in [0, 0.05) is 19.1 Å². The Balaban J connectivity index is 1.57. The highest BCUT2D eigenvalue weighted by atomic mass is 32.2. The Morgan fingerprint density at radius 1 is 1.52 bits per heavy atom. The molecular weight excluding hydrogens is 372 g/mol. The number of nitro groups is 1. The van der Waals surface area contributed by atoms with Gasteiger partial charge in [-0.25, -0.2) is 0 Å². The molecule has 2 fully saturated rings. The molecule has 2 aliphatic rings. The van der Waals surface area contributed by atoms with Crippen LogP contribution in [0.25, 0.3) is 0 Å². The number of nitro benzene ring substituents is 1. The van der Waals surface area contributed by atoms with E-state index in [4.69, 9.17) is 4.74 Å². The van der Waals surface area contributed by atoms with Crippen molar-refractivity contribution in [2.75, 3.05) is 18.5 Å². The fraction of sp³-hybridized carbons (Fsp3) is 0.471. The number of hydrogen-bond acceptors (Lipinski definition) is 7. The molecule has 2 atom stereocenters. The SMILES string of the molecule is Cc1ccc(NC(=O)C[C@@H]2SC(=NC[C@@H]3CCCO3)NC2=O)c([N+](=O)[O-])c1. The highest BCUT2D eigenvalue weighted by molar-refractivity contribution is 8.15. The second-order valence-corrected chi connectivity index (χ2v) is 7.60. The van der Waals surface area contributed by atoms with E-state index in [1.54, 1.807) is 13.0 Å². The molecule has 2 saturated heterocycles. The number of anilines is 1. The number of rotatable bonds is 6. The minimum Gasteiger partial charge on any atom is -0.376 e. The Kier molecular flexibility index (Phi) is 6.07. The molecule has 1 aromatic rings. The fourth-order valence-electron chi connectivity index (χ4n) is 2.86. The van der Waals surface area contributed by atoms with Crippen LogP contribution in [-0.2, 0) is 14.3 Å². The molecule has 0 unspecified atom stereocenters. The molecule has 3 rings (SSSR count).